The third-order valence-corrected chi connectivity index (χ3v) is 7.58. The van der Waals surface area contributed by atoms with Crippen molar-refractivity contribution in [2.24, 2.45) is 0 Å². The van der Waals surface area contributed by atoms with Gasteiger partial charge in [0.05, 0.1) is 22.9 Å². The van der Waals surface area contributed by atoms with Gasteiger partial charge in [-0.2, -0.15) is 16.3 Å². The van der Waals surface area contributed by atoms with Crippen LogP contribution in [-0.2, 0) is 11.3 Å². The van der Waals surface area contributed by atoms with E-state index in [2.05, 4.69) is 25.9 Å². The van der Waals surface area contributed by atoms with Crippen molar-refractivity contribution in [1.82, 2.24) is 30.0 Å². The average molecular weight is 564 g/mol. The zero-order valence-corrected chi connectivity index (χ0v) is 22.7. The summed E-state index contributed by atoms with van der Waals surface area (Å²) in [5, 5.41) is 22.2. The van der Waals surface area contributed by atoms with E-state index in [9.17, 15) is 19.5 Å². The predicted octanol–water partition coefficient (Wildman–Crippen LogP) is 3.46. The largest absolute Gasteiger partial charge is 0.394 e. The Labute approximate surface area is 230 Å². The summed E-state index contributed by atoms with van der Waals surface area (Å²) in [4.78, 5) is 51.2. The fourth-order valence-corrected chi connectivity index (χ4v) is 5.61. The number of rotatable bonds is 9. The Bertz CT molecular complexity index is 1670. The number of hydrogen-bond donors (Lipinski definition) is 4. The van der Waals surface area contributed by atoms with Crippen LogP contribution in [0.3, 0.4) is 0 Å². The highest BCUT2D eigenvalue weighted by Crippen LogP contribution is 2.28. The lowest BCUT2D eigenvalue weighted by molar-refractivity contribution is -0.114. The minimum absolute atomic E-state index is 0.183. The number of nitrogens with one attached hydrogen (secondary N) is 3. The van der Waals surface area contributed by atoms with E-state index in [1.54, 1.807) is 28.9 Å². The number of carbonyl (C=O) groups is 3. The Morgan fingerprint density at radius 2 is 2.03 bits per heavy atom. The second-order valence-electron chi connectivity index (χ2n) is 8.75. The minimum Gasteiger partial charge on any atom is -0.394 e. The van der Waals surface area contributed by atoms with Crippen LogP contribution >= 0.6 is 22.7 Å². The second-order valence-corrected chi connectivity index (χ2v) is 10.6. The van der Waals surface area contributed by atoms with Crippen LogP contribution in [0.1, 0.15) is 46.7 Å². The van der Waals surface area contributed by atoms with Gasteiger partial charge in [-0.15, -0.1) is 0 Å². The molecular weight excluding hydrogens is 538 g/mol. The molecule has 11 nitrogen and oxygen atoms in total. The highest BCUT2D eigenvalue weighted by atomic mass is 32.1. The van der Waals surface area contributed by atoms with Crippen LogP contribution in [0.15, 0.2) is 47.4 Å². The van der Waals surface area contributed by atoms with Crippen LogP contribution in [0, 0.1) is 0 Å². The van der Waals surface area contributed by atoms with Crippen LogP contribution in [0.2, 0.25) is 0 Å². The Morgan fingerprint density at radius 1 is 1.18 bits per heavy atom. The molecule has 0 saturated heterocycles. The predicted molar refractivity (Wildman–Crippen MR) is 150 cm³/mol. The van der Waals surface area contributed by atoms with Gasteiger partial charge in [0.25, 0.3) is 11.8 Å². The maximum absolute atomic E-state index is 13.3. The maximum atomic E-state index is 13.3. The van der Waals surface area contributed by atoms with E-state index in [4.69, 9.17) is 4.98 Å². The summed E-state index contributed by atoms with van der Waals surface area (Å²) >= 11 is 2.78. The molecule has 0 aliphatic carbocycles. The van der Waals surface area contributed by atoms with Gasteiger partial charge in [0.15, 0.2) is 16.4 Å². The topological polar surface area (TPSA) is 151 Å². The van der Waals surface area contributed by atoms with E-state index in [1.807, 2.05) is 29.8 Å². The van der Waals surface area contributed by atoms with Crippen molar-refractivity contribution in [2.75, 3.05) is 11.9 Å². The number of anilines is 1. The molecule has 4 N–H and O–H groups in total. The molecule has 0 bridgehead atoms. The van der Waals surface area contributed by atoms with Gasteiger partial charge in [-0.25, -0.2) is 9.97 Å². The van der Waals surface area contributed by atoms with Crippen molar-refractivity contribution >= 4 is 61.5 Å². The SMILES string of the molecule is CC[C@H](CO)NC(=O)c1c(-c2ccsc2)nc2c(C(=O)NCc3cnc4nc(NC(C)=O)sc4c3)cccn12. The minimum atomic E-state index is -0.399. The smallest absolute Gasteiger partial charge is 0.270 e. The van der Waals surface area contributed by atoms with E-state index in [0.717, 1.165) is 15.8 Å². The number of aromatic nitrogens is 4. The number of imidazole rings is 1. The molecule has 0 radical (unpaired) electrons. The van der Waals surface area contributed by atoms with E-state index >= 15 is 0 Å². The number of thiophene rings is 1. The summed E-state index contributed by atoms with van der Waals surface area (Å²) in [6.07, 6.45) is 3.88. The number of aliphatic hydroxyl groups excluding tert-OH is 1. The molecule has 3 amide bonds. The number of thiazole rings is 1. The first-order valence-electron chi connectivity index (χ1n) is 12.1. The van der Waals surface area contributed by atoms with Crippen LogP contribution in [0.5, 0.6) is 0 Å². The lowest BCUT2D eigenvalue weighted by Crippen LogP contribution is -2.37. The number of hydrogen-bond acceptors (Lipinski definition) is 9. The first kappa shape index (κ1) is 26.4. The van der Waals surface area contributed by atoms with Gasteiger partial charge in [-0.3, -0.25) is 18.8 Å². The molecule has 0 spiro atoms. The van der Waals surface area contributed by atoms with Crippen LogP contribution in [0.25, 0.3) is 27.3 Å². The van der Waals surface area contributed by atoms with Crippen molar-refractivity contribution in [2.45, 2.75) is 32.9 Å². The van der Waals surface area contributed by atoms with Gasteiger partial charge in [0, 0.05) is 36.8 Å². The molecule has 39 heavy (non-hydrogen) atoms. The van der Waals surface area contributed by atoms with Crippen molar-refractivity contribution in [1.29, 1.82) is 0 Å². The monoisotopic (exact) mass is 563 g/mol. The van der Waals surface area contributed by atoms with Crippen LogP contribution in [-0.4, -0.2) is 54.8 Å². The van der Waals surface area contributed by atoms with Gasteiger partial charge < -0.3 is 21.1 Å². The third kappa shape index (κ3) is 5.50. The van der Waals surface area contributed by atoms with Crippen LogP contribution in [0.4, 0.5) is 5.13 Å². The fourth-order valence-electron chi connectivity index (χ4n) is 4.03. The highest BCUT2D eigenvalue weighted by Gasteiger charge is 2.25. The Kier molecular flexibility index (Phi) is 7.63. The lowest BCUT2D eigenvalue weighted by Gasteiger charge is -2.14. The molecule has 0 fully saturated rings. The first-order valence-corrected chi connectivity index (χ1v) is 13.9. The summed E-state index contributed by atoms with van der Waals surface area (Å²) in [6.45, 7) is 3.31. The number of pyridine rings is 2. The quantitative estimate of drug-likeness (QED) is 0.214. The Hall–Kier alpha value is -4.20. The molecule has 0 aromatic carbocycles. The van der Waals surface area contributed by atoms with E-state index in [0.29, 0.717) is 39.8 Å². The molecule has 5 rings (SSSR count). The molecule has 0 unspecified atom stereocenters. The molecule has 13 heteroatoms. The van der Waals surface area contributed by atoms with Crippen LogP contribution < -0.4 is 16.0 Å². The summed E-state index contributed by atoms with van der Waals surface area (Å²) in [6, 6.07) is 6.68. The van der Waals surface area contributed by atoms with E-state index in [-0.39, 0.29) is 30.9 Å². The maximum Gasteiger partial charge on any atom is 0.270 e. The number of amides is 3. The number of aliphatic hydroxyl groups is 1. The number of carbonyl (C=O) groups excluding carboxylic acids is 3. The summed E-state index contributed by atoms with van der Waals surface area (Å²) in [5.74, 6) is -0.958. The van der Waals surface area contributed by atoms with E-state index < -0.39 is 6.04 Å². The van der Waals surface area contributed by atoms with Crippen molar-refractivity contribution < 1.29 is 19.5 Å². The number of fused-ring (bicyclic) bond motifs is 2. The molecule has 5 aromatic rings. The van der Waals surface area contributed by atoms with Crippen molar-refractivity contribution in [3.05, 3.63) is 64.2 Å². The van der Waals surface area contributed by atoms with Gasteiger partial charge in [-0.1, -0.05) is 18.3 Å². The Morgan fingerprint density at radius 3 is 2.74 bits per heavy atom. The van der Waals surface area contributed by atoms with Crippen molar-refractivity contribution in [3.8, 4) is 11.3 Å². The van der Waals surface area contributed by atoms with Gasteiger partial charge in [-0.05, 0) is 41.6 Å². The molecule has 1 atom stereocenters. The lowest BCUT2D eigenvalue weighted by atomic mass is 10.1. The molecule has 0 aliphatic rings. The zero-order valence-electron chi connectivity index (χ0n) is 21.1. The van der Waals surface area contributed by atoms with Crippen molar-refractivity contribution in [3.63, 3.8) is 0 Å². The summed E-state index contributed by atoms with van der Waals surface area (Å²) in [7, 11) is 0. The fraction of sp³-hybridized carbons (Fsp3) is 0.231. The molecule has 200 valence electrons. The zero-order chi connectivity index (χ0) is 27.5. The van der Waals surface area contributed by atoms with Gasteiger partial charge >= 0.3 is 0 Å². The average Bonchev–Trinajstić information content (AvgIpc) is 3.67. The summed E-state index contributed by atoms with van der Waals surface area (Å²) < 4.78 is 2.39. The first-order chi connectivity index (χ1) is 18.9. The second kappa shape index (κ2) is 11.3. The molecule has 5 heterocycles. The summed E-state index contributed by atoms with van der Waals surface area (Å²) in [5.41, 5.74) is 3.43. The standard InChI is InChI=1S/C26H25N7O4S2/c1-3-17(12-34)30-25(37)21-20(16-6-8-38-13-16)31-23-18(5-4-7-33(21)23)24(36)28-11-15-9-19-22(27-10-15)32-26(39-19)29-14(2)35/h4-10,13,17,34H,3,11-12H2,1-2H3,(H,28,36)(H,30,37)(H,27,29,32,35)/t17-/m1/s1. The molecule has 5 aromatic heterocycles. The van der Waals surface area contributed by atoms with E-state index in [1.165, 1.54) is 29.6 Å². The number of nitrogens with zero attached hydrogens (tertiary/aromatic N) is 4. The van der Waals surface area contributed by atoms with Gasteiger partial charge in [0.1, 0.15) is 11.4 Å². The van der Waals surface area contributed by atoms with Gasteiger partial charge in [0.2, 0.25) is 5.91 Å². The molecule has 0 aliphatic heterocycles. The third-order valence-electron chi connectivity index (χ3n) is 5.99. The molecule has 0 saturated carbocycles. The Balaban J connectivity index is 1.43. The normalized spacial score (nSPS) is 12.0. The highest BCUT2D eigenvalue weighted by molar-refractivity contribution is 7.22. The molecular formula is C26H25N7O4S2.